The molecule has 1 saturated carbocycles. The van der Waals surface area contributed by atoms with Gasteiger partial charge in [0, 0.05) is 6.04 Å². The first-order valence-electron chi connectivity index (χ1n) is 11.0. The van der Waals surface area contributed by atoms with Gasteiger partial charge in [0.2, 0.25) is 15.9 Å². The number of nitrogens with zero attached hydrogens (tertiary/aromatic N) is 1. The van der Waals surface area contributed by atoms with Crippen molar-refractivity contribution in [2.24, 2.45) is 0 Å². The van der Waals surface area contributed by atoms with Crippen LogP contribution in [0.5, 0.6) is 5.75 Å². The first-order valence-corrected chi connectivity index (χ1v) is 12.4. The maximum absolute atomic E-state index is 13.3. The van der Waals surface area contributed by atoms with Gasteiger partial charge in [0.15, 0.2) is 0 Å². The molecular weight excluding hydrogens is 460 g/mol. The zero-order chi connectivity index (χ0) is 24.1. The monoisotopic (exact) mass is 484 g/mol. The number of fused-ring (bicyclic) bond motifs is 2. The zero-order valence-corrected chi connectivity index (χ0v) is 19.3. The fourth-order valence-corrected chi connectivity index (χ4v) is 5.84. The highest BCUT2D eigenvalue weighted by atomic mass is 32.2. The number of methoxy groups -OCH3 is 1. The Morgan fingerprint density at radius 3 is 2.71 bits per heavy atom. The predicted octanol–water partition coefficient (Wildman–Crippen LogP) is 1.47. The number of nitrogens with one attached hydrogen (secondary N) is 3. The average Bonchev–Trinajstić information content (AvgIpc) is 3.49. The Hall–Kier alpha value is -3.44. The van der Waals surface area contributed by atoms with E-state index in [9.17, 15) is 22.8 Å². The van der Waals surface area contributed by atoms with E-state index < -0.39 is 40.0 Å². The number of benzene rings is 2. The summed E-state index contributed by atoms with van der Waals surface area (Å²) in [6.45, 7) is -0.519. The van der Waals surface area contributed by atoms with Gasteiger partial charge in [0.05, 0.1) is 17.7 Å². The van der Waals surface area contributed by atoms with Gasteiger partial charge in [-0.05, 0) is 55.0 Å². The largest absolute Gasteiger partial charge is 0.495 e. The van der Waals surface area contributed by atoms with Crippen molar-refractivity contribution in [1.29, 1.82) is 0 Å². The summed E-state index contributed by atoms with van der Waals surface area (Å²) in [7, 11) is -2.36. The number of carbonyl (C=O) groups is 3. The molecule has 0 aromatic heterocycles. The molecule has 3 N–H and O–H groups in total. The molecule has 0 radical (unpaired) electrons. The van der Waals surface area contributed by atoms with E-state index in [2.05, 4.69) is 15.4 Å². The molecule has 3 aliphatic rings. The number of anilines is 1. The van der Waals surface area contributed by atoms with Crippen molar-refractivity contribution in [2.45, 2.75) is 42.2 Å². The van der Waals surface area contributed by atoms with Crippen molar-refractivity contribution in [3.05, 3.63) is 53.6 Å². The number of imide groups is 1. The number of sulfonamides is 1. The lowest BCUT2D eigenvalue weighted by Crippen LogP contribution is -2.43. The van der Waals surface area contributed by atoms with Gasteiger partial charge in [-0.15, -0.1) is 0 Å². The summed E-state index contributed by atoms with van der Waals surface area (Å²) in [5.41, 5.74) is 0.705. The summed E-state index contributed by atoms with van der Waals surface area (Å²) in [4.78, 5) is 39.6. The van der Waals surface area contributed by atoms with E-state index in [4.69, 9.17) is 4.74 Å². The Labute approximate surface area is 196 Å². The van der Waals surface area contributed by atoms with Crippen molar-refractivity contribution in [2.75, 3.05) is 19.0 Å². The summed E-state index contributed by atoms with van der Waals surface area (Å²) in [5, 5.41) is 5.35. The number of amides is 4. The summed E-state index contributed by atoms with van der Waals surface area (Å²) in [5.74, 6) is -0.888. The number of aryl methyl sites for hydroxylation is 1. The molecule has 5 rings (SSSR count). The van der Waals surface area contributed by atoms with Crippen molar-refractivity contribution >= 4 is 33.6 Å². The van der Waals surface area contributed by atoms with Crippen molar-refractivity contribution in [3.63, 3.8) is 0 Å². The highest BCUT2D eigenvalue weighted by Crippen LogP contribution is 2.41. The minimum absolute atomic E-state index is 0.0213. The van der Waals surface area contributed by atoms with Crippen molar-refractivity contribution in [1.82, 2.24) is 14.9 Å². The molecule has 1 heterocycles. The quantitative estimate of drug-likeness (QED) is 0.510. The van der Waals surface area contributed by atoms with E-state index in [1.54, 1.807) is 0 Å². The van der Waals surface area contributed by atoms with Crippen LogP contribution in [-0.4, -0.2) is 50.9 Å². The maximum atomic E-state index is 13.3. The number of carbonyl (C=O) groups excluding carboxylic acids is 3. The fraction of sp³-hybridized carbons (Fsp3) is 0.348. The van der Waals surface area contributed by atoms with Gasteiger partial charge in [0.25, 0.3) is 5.91 Å². The molecule has 1 saturated heterocycles. The normalized spacial score (nSPS) is 21.5. The Morgan fingerprint density at radius 2 is 1.97 bits per heavy atom. The molecule has 1 unspecified atom stereocenters. The minimum atomic E-state index is -3.75. The third kappa shape index (κ3) is 3.80. The molecule has 178 valence electrons. The lowest BCUT2D eigenvalue weighted by molar-refractivity contribution is -0.134. The van der Waals surface area contributed by atoms with Crippen LogP contribution in [-0.2, 0) is 31.6 Å². The van der Waals surface area contributed by atoms with E-state index >= 15 is 0 Å². The summed E-state index contributed by atoms with van der Waals surface area (Å²) < 4.78 is 32.9. The van der Waals surface area contributed by atoms with Gasteiger partial charge < -0.3 is 15.4 Å². The van der Waals surface area contributed by atoms with E-state index in [1.807, 2.05) is 24.3 Å². The van der Waals surface area contributed by atoms with Gasteiger partial charge in [-0.3, -0.25) is 14.5 Å². The maximum Gasteiger partial charge on any atom is 0.325 e. The van der Waals surface area contributed by atoms with Crippen LogP contribution in [0.4, 0.5) is 10.5 Å². The summed E-state index contributed by atoms with van der Waals surface area (Å²) in [6.07, 6.45) is 2.65. The van der Waals surface area contributed by atoms with Crippen molar-refractivity contribution < 1.29 is 27.5 Å². The molecule has 1 spiro atoms. The molecule has 11 heteroatoms. The van der Waals surface area contributed by atoms with Crippen LogP contribution in [0.15, 0.2) is 47.4 Å². The molecule has 2 aromatic rings. The van der Waals surface area contributed by atoms with Crippen LogP contribution in [0, 0.1) is 0 Å². The summed E-state index contributed by atoms with van der Waals surface area (Å²) >= 11 is 0. The van der Waals surface area contributed by atoms with E-state index in [-0.39, 0.29) is 22.4 Å². The molecule has 2 aliphatic carbocycles. The van der Waals surface area contributed by atoms with Gasteiger partial charge >= 0.3 is 6.03 Å². The van der Waals surface area contributed by atoms with Gasteiger partial charge in [-0.2, -0.15) is 0 Å². The van der Waals surface area contributed by atoms with Crippen LogP contribution < -0.4 is 20.1 Å². The lowest BCUT2D eigenvalue weighted by Gasteiger charge is -2.22. The number of hydrogen-bond acceptors (Lipinski definition) is 6. The number of hydrogen-bond donors (Lipinski definition) is 3. The van der Waals surface area contributed by atoms with Gasteiger partial charge in [-0.1, -0.05) is 24.3 Å². The highest BCUT2D eigenvalue weighted by molar-refractivity contribution is 7.89. The predicted molar refractivity (Wildman–Crippen MR) is 122 cm³/mol. The second kappa shape index (κ2) is 8.10. The first kappa shape index (κ1) is 22.4. The minimum Gasteiger partial charge on any atom is -0.495 e. The van der Waals surface area contributed by atoms with E-state index in [0.717, 1.165) is 28.9 Å². The molecule has 0 bridgehead atoms. The van der Waals surface area contributed by atoms with E-state index in [1.165, 1.54) is 25.3 Å². The molecule has 2 fully saturated rings. The molecule has 34 heavy (non-hydrogen) atoms. The molecule has 4 amide bonds. The van der Waals surface area contributed by atoms with Crippen LogP contribution in [0.1, 0.15) is 30.4 Å². The standard InChI is InChI=1S/C23H24N4O6S/c1-33-19-9-8-16(34(31,32)26-15-6-7-15)12-18(19)24-20(28)13-27-21(29)23(25-22(27)30)11-10-14-4-2-3-5-17(14)23/h2-5,8-9,12,15,26H,6-7,10-11,13H2,1H3,(H,24,28)(H,25,30). The van der Waals surface area contributed by atoms with Crippen molar-refractivity contribution in [3.8, 4) is 5.75 Å². The Morgan fingerprint density at radius 1 is 1.21 bits per heavy atom. The smallest absolute Gasteiger partial charge is 0.325 e. The Bertz CT molecular complexity index is 1310. The lowest BCUT2D eigenvalue weighted by atomic mass is 9.92. The van der Waals surface area contributed by atoms with Crippen LogP contribution in [0.3, 0.4) is 0 Å². The topological polar surface area (TPSA) is 134 Å². The first-order chi connectivity index (χ1) is 16.2. The van der Waals surface area contributed by atoms with Crippen LogP contribution in [0.2, 0.25) is 0 Å². The number of ether oxygens (including phenoxy) is 1. The zero-order valence-electron chi connectivity index (χ0n) is 18.5. The van der Waals surface area contributed by atoms with E-state index in [0.29, 0.717) is 12.8 Å². The average molecular weight is 485 g/mol. The second-order valence-electron chi connectivity index (χ2n) is 8.69. The molecule has 1 aliphatic heterocycles. The SMILES string of the molecule is COc1ccc(S(=O)(=O)NC2CC2)cc1NC(=O)CN1C(=O)NC2(CCc3ccccc32)C1=O. The fourth-order valence-electron chi connectivity index (χ4n) is 4.51. The summed E-state index contributed by atoms with van der Waals surface area (Å²) in [6, 6.07) is 10.8. The molecule has 2 aromatic carbocycles. The van der Waals surface area contributed by atoms with Gasteiger partial charge in [0.1, 0.15) is 17.8 Å². The Balaban J connectivity index is 1.34. The molecule has 1 atom stereocenters. The molecular formula is C23H24N4O6S. The third-order valence-electron chi connectivity index (χ3n) is 6.38. The molecule has 10 nitrogen and oxygen atoms in total. The Kier molecular flexibility index (Phi) is 5.33. The number of urea groups is 1. The van der Waals surface area contributed by atoms with Crippen LogP contribution in [0.25, 0.3) is 0 Å². The number of rotatable bonds is 7. The van der Waals surface area contributed by atoms with Gasteiger partial charge in [-0.25, -0.2) is 17.9 Å². The third-order valence-corrected chi connectivity index (χ3v) is 7.90. The second-order valence-corrected chi connectivity index (χ2v) is 10.4. The van der Waals surface area contributed by atoms with Crippen LogP contribution >= 0.6 is 0 Å². The highest BCUT2D eigenvalue weighted by Gasteiger charge is 2.55.